The number of hydrogen-bond donors (Lipinski definition) is 0. The summed E-state index contributed by atoms with van der Waals surface area (Å²) in [7, 11) is 0. The Hall–Kier alpha value is -2.59. The van der Waals surface area contributed by atoms with Crippen LogP contribution in [0.15, 0.2) is 30.3 Å². The number of likely N-dealkylation sites (tertiary alicyclic amines) is 1. The number of halogens is 3. The molecule has 7 heteroatoms. The predicted molar refractivity (Wildman–Crippen MR) is 120 cm³/mol. The first-order valence-corrected chi connectivity index (χ1v) is 11.7. The summed E-state index contributed by atoms with van der Waals surface area (Å²) in [6.45, 7) is 3.85. The molecule has 0 aromatic heterocycles. The minimum Gasteiger partial charge on any atom is -0.489 e. The van der Waals surface area contributed by atoms with E-state index in [4.69, 9.17) is 4.74 Å². The second kappa shape index (κ2) is 9.72. The third-order valence-corrected chi connectivity index (χ3v) is 7.35. The summed E-state index contributed by atoms with van der Waals surface area (Å²) < 4.78 is 44.9. The lowest BCUT2D eigenvalue weighted by Gasteiger charge is -2.34. The molecule has 0 radical (unpaired) electrons. The Labute approximate surface area is 192 Å². The number of hydrogen-bond acceptors (Lipinski definition) is 4. The van der Waals surface area contributed by atoms with E-state index in [2.05, 4.69) is 24.0 Å². The molecule has 1 saturated carbocycles. The first kappa shape index (κ1) is 23.6. The van der Waals surface area contributed by atoms with Crippen molar-refractivity contribution in [3.63, 3.8) is 0 Å². The number of benzene rings is 2. The topological polar surface area (TPSA) is 53.3 Å². The van der Waals surface area contributed by atoms with E-state index >= 15 is 0 Å². The van der Waals surface area contributed by atoms with Crippen LogP contribution < -0.4 is 4.74 Å². The van der Waals surface area contributed by atoms with Crippen molar-refractivity contribution >= 4 is 17.1 Å². The summed E-state index contributed by atoms with van der Waals surface area (Å²) in [6, 6.07) is 12.2. The molecule has 2 fully saturated rings. The molecule has 0 spiro atoms. The fraction of sp³-hybridized carbons (Fsp3) is 0.538. The van der Waals surface area contributed by atoms with E-state index in [9.17, 15) is 23.2 Å². The highest BCUT2D eigenvalue weighted by atomic mass is 19.4. The number of nitriles is 1. The molecule has 0 bridgehead atoms. The largest absolute Gasteiger partial charge is 0.489 e. The Morgan fingerprint density at radius 2 is 1.76 bits per heavy atom. The maximum absolute atomic E-state index is 13.0. The number of aldehydes is 1. The van der Waals surface area contributed by atoms with Crippen LogP contribution in [0.1, 0.15) is 62.6 Å². The number of carbonyl (C=O) groups excluding carboxylic acids is 1. The van der Waals surface area contributed by atoms with Gasteiger partial charge in [0.25, 0.3) is 0 Å². The molecule has 4 nitrogen and oxygen atoms in total. The van der Waals surface area contributed by atoms with Crippen molar-refractivity contribution in [2.24, 2.45) is 11.8 Å². The van der Waals surface area contributed by atoms with Gasteiger partial charge in [0.1, 0.15) is 23.7 Å². The number of rotatable bonds is 5. The Bertz CT molecular complexity index is 1030. The standard InChI is InChI=1S/C26H29F3N2O2/c1-17(31-12-10-18(16-32)11-13-31)20-3-2-19-4-9-25(24(15-30)23(19)14-20)33-22-7-5-21(6-8-22)26(27,28)29/h2-4,9,14,16-18,21-22H,5-8,10-13H2,1H3. The molecule has 2 aromatic rings. The van der Waals surface area contributed by atoms with Crippen LogP contribution in [0.4, 0.5) is 13.2 Å². The summed E-state index contributed by atoms with van der Waals surface area (Å²) in [5, 5.41) is 11.6. The second-order valence-electron chi connectivity index (χ2n) is 9.35. The zero-order valence-electron chi connectivity index (χ0n) is 18.8. The van der Waals surface area contributed by atoms with Gasteiger partial charge in [-0.25, -0.2) is 0 Å². The molecule has 33 heavy (non-hydrogen) atoms. The number of piperidine rings is 1. The van der Waals surface area contributed by atoms with E-state index in [0.29, 0.717) is 24.2 Å². The van der Waals surface area contributed by atoms with Gasteiger partial charge in [-0.1, -0.05) is 18.2 Å². The third-order valence-electron chi connectivity index (χ3n) is 7.35. The molecule has 1 aliphatic heterocycles. The van der Waals surface area contributed by atoms with E-state index in [0.717, 1.165) is 48.6 Å². The summed E-state index contributed by atoms with van der Waals surface area (Å²) in [4.78, 5) is 13.4. The minimum atomic E-state index is -4.15. The molecule has 1 aliphatic carbocycles. The smallest absolute Gasteiger partial charge is 0.391 e. The van der Waals surface area contributed by atoms with Crippen molar-refractivity contribution in [1.82, 2.24) is 4.90 Å². The summed E-state index contributed by atoms with van der Waals surface area (Å²) in [5.41, 5.74) is 1.52. The Morgan fingerprint density at radius 1 is 1.09 bits per heavy atom. The summed E-state index contributed by atoms with van der Waals surface area (Å²) in [5.74, 6) is -0.678. The van der Waals surface area contributed by atoms with Gasteiger partial charge in [-0.15, -0.1) is 0 Å². The lowest BCUT2D eigenvalue weighted by atomic mass is 9.87. The molecule has 2 aromatic carbocycles. The quantitative estimate of drug-likeness (QED) is 0.502. The Kier molecular flexibility index (Phi) is 6.94. The van der Waals surface area contributed by atoms with Crippen LogP contribution in [0.5, 0.6) is 5.75 Å². The normalized spacial score (nSPS) is 23.7. The van der Waals surface area contributed by atoms with Crippen LogP contribution in [0.2, 0.25) is 0 Å². The average molecular weight is 459 g/mol. The molecule has 1 heterocycles. The highest BCUT2D eigenvalue weighted by Crippen LogP contribution is 2.39. The van der Waals surface area contributed by atoms with Gasteiger partial charge in [0, 0.05) is 17.3 Å². The predicted octanol–water partition coefficient (Wildman–Crippen LogP) is 6.18. The van der Waals surface area contributed by atoms with Crippen LogP contribution in [-0.2, 0) is 4.79 Å². The first-order chi connectivity index (χ1) is 15.8. The zero-order valence-corrected chi connectivity index (χ0v) is 18.8. The number of carbonyl (C=O) groups is 1. The van der Waals surface area contributed by atoms with Crippen molar-refractivity contribution < 1.29 is 22.7 Å². The van der Waals surface area contributed by atoms with E-state index in [-0.39, 0.29) is 30.9 Å². The van der Waals surface area contributed by atoms with Crippen molar-refractivity contribution in [1.29, 1.82) is 5.26 Å². The van der Waals surface area contributed by atoms with Gasteiger partial charge < -0.3 is 9.53 Å². The van der Waals surface area contributed by atoms with Crippen molar-refractivity contribution in [2.75, 3.05) is 13.1 Å². The third kappa shape index (κ3) is 5.16. The van der Waals surface area contributed by atoms with Gasteiger partial charge in [-0.05, 0) is 81.6 Å². The fourth-order valence-electron chi connectivity index (χ4n) is 5.13. The molecule has 1 atom stereocenters. The maximum atomic E-state index is 13.0. The van der Waals surface area contributed by atoms with Crippen LogP contribution >= 0.6 is 0 Å². The van der Waals surface area contributed by atoms with Crippen LogP contribution in [0.25, 0.3) is 10.8 Å². The lowest BCUT2D eigenvalue weighted by molar-refractivity contribution is -0.185. The molecule has 0 amide bonds. The molecular formula is C26H29F3N2O2. The van der Waals surface area contributed by atoms with Gasteiger partial charge >= 0.3 is 6.18 Å². The first-order valence-electron chi connectivity index (χ1n) is 11.7. The van der Waals surface area contributed by atoms with Crippen LogP contribution in [-0.4, -0.2) is 36.6 Å². The maximum Gasteiger partial charge on any atom is 0.391 e. The Morgan fingerprint density at radius 3 is 2.36 bits per heavy atom. The highest BCUT2D eigenvalue weighted by molar-refractivity contribution is 5.90. The fourth-order valence-corrected chi connectivity index (χ4v) is 5.13. The average Bonchev–Trinajstić information content (AvgIpc) is 2.83. The van der Waals surface area contributed by atoms with Gasteiger partial charge in [0.2, 0.25) is 0 Å². The molecule has 4 rings (SSSR count). The zero-order chi connectivity index (χ0) is 23.6. The lowest BCUT2D eigenvalue weighted by Crippen LogP contribution is -2.36. The van der Waals surface area contributed by atoms with E-state index in [1.807, 2.05) is 18.2 Å². The van der Waals surface area contributed by atoms with Crippen LogP contribution in [0, 0.1) is 23.2 Å². The number of fused-ring (bicyclic) bond motifs is 1. The Balaban J connectivity index is 1.53. The van der Waals surface area contributed by atoms with E-state index < -0.39 is 12.1 Å². The number of nitrogens with zero attached hydrogens (tertiary/aromatic N) is 2. The molecule has 2 aliphatic rings. The molecule has 176 valence electrons. The molecular weight excluding hydrogens is 429 g/mol. The monoisotopic (exact) mass is 458 g/mol. The minimum absolute atomic E-state index is 0.0616. The van der Waals surface area contributed by atoms with Gasteiger partial charge in [-0.3, -0.25) is 4.90 Å². The van der Waals surface area contributed by atoms with Crippen molar-refractivity contribution in [2.45, 2.75) is 63.8 Å². The second-order valence-corrected chi connectivity index (χ2v) is 9.35. The van der Waals surface area contributed by atoms with E-state index in [1.165, 1.54) is 0 Å². The van der Waals surface area contributed by atoms with Gasteiger partial charge in [0.05, 0.1) is 12.0 Å². The van der Waals surface area contributed by atoms with E-state index in [1.54, 1.807) is 6.07 Å². The highest BCUT2D eigenvalue weighted by Gasteiger charge is 2.41. The van der Waals surface area contributed by atoms with Crippen molar-refractivity contribution in [3.05, 3.63) is 41.5 Å². The number of alkyl halides is 3. The van der Waals surface area contributed by atoms with Crippen molar-refractivity contribution in [3.8, 4) is 11.8 Å². The molecule has 1 saturated heterocycles. The van der Waals surface area contributed by atoms with Gasteiger partial charge in [0.15, 0.2) is 0 Å². The molecule has 0 N–H and O–H groups in total. The summed E-state index contributed by atoms with van der Waals surface area (Å²) in [6.07, 6.45) is -0.900. The van der Waals surface area contributed by atoms with Crippen LogP contribution in [0.3, 0.4) is 0 Å². The van der Waals surface area contributed by atoms with Gasteiger partial charge in [-0.2, -0.15) is 18.4 Å². The summed E-state index contributed by atoms with van der Waals surface area (Å²) >= 11 is 0. The molecule has 1 unspecified atom stereocenters. The number of ether oxygens (including phenoxy) is 1. The SMILES string of the molecule is CC(c1ccc2ccc(OC3CCC(C(F)(F)F)CC3)c(C#N)c2c1)N1CCC(C=O)CC1.